The van der Waals surface area contributed by atoms with Gasteiger partial charge >= 0.3 is 0 Å². The molecule has 0 bridgehead atoms. The van der Waals surface area contributed by atoms with Crippen molar-refractivity contribution in [3.05, 3.63) is 53.6 Å². The predicted molar refractivity (Wildman–Crippen MR) is 101 cm³/mol. The molecule has 0 saturated heterocycles. The van der Waals surface area contributed by atoms with E-state index in [9.17, 15) is 9.59 Å². The number of fused-ring (bicyclic) bond motifs is 1. The fraction of sp³-hybridized carbons (Fsp3) is 0.333. The molecule has 1 saturated carbocycles. The van der Waals surface area contributed by atoms with E-state index < -0.39 is 11.5 Å². The van der Waals surface area contributed by atoms with Gasteiger partial charge in [0.2, 0.25) is 5.91 Å². The Hall–Kier alpha value is -2.82. The molecule has 5 heteroatoms. The van der Waals surface area contributed by atoms with Gasteiger partial charge in [0, 0.05) is 12.7 Å². The van der Waals surface area contributed by atoms with Crippen molar-refractivity contribution in [1.29, 1.82) is 0 Å². The summed E-state index contributed by atoms with van der Waals surface area (Å²) in [6.07, 6.45) is 1.21. The molecular weight excluding hydrogens is 328 g/mol. The van der Waals surface area contributed by atoms with E-state index in [1.807, 2.05) is 37.3 Å². The largest absolute Gasteiger partial charge is 0.479 e. The van der Waals surface area contributed by atoms with Gasteiger partial charge in [-0.1, -0.05) is 29.8 Å². The molecule has 1 aliphatic carbocycles. The third-order valence-electron chi connectivity index (χ3n) is 5.35. The first kappa shape index (κ1) is 16.6. The number of benzene rings is 2. The lowest BCUT2D eigenvalue weighted by Gasteiger charge is -2.30. The zero-order chi connectivity index (χ0) is 18.5. The van der Waals surface area contributed by atoms with Gasteiger partial charge in [0.1, 0.15) is 5.75 Å². The molecule has 1 unspecified atom stereocenters. The number of hydrogen-bond acceptors (Lipinski definition) is 3. The SMILES string of the molecule is Cc1ccc(C2(C(=O)Nc3ccc4c(c3)N(C)C(=O)C(C)O4)CC2)cc1. The van der Waals surface area contributed by atoms with E-state index in [-0.39, 0.29) is 11.8 Å². The van der Waals surface area contributed by atoms with Gasteiger partial charge in [-0.05, 0) is 50.5 Å². The molecule has 134 valence electrons. The molecule has 2 amide bonds. The van der Waals surface area contributed by atoms with Gasteiger partial charge in [-0.25, -0.2) is 0 Å². The summed E-state index contributed by atoms with van der Waals surface area (Å²) in [5.74, 6) is 0.553. The second kappa shape index (κ2) is 5.87. The maximum atomic E-state index is 12.9. The van der Waals surface area contributed by atoms with Crippen LogP contribution in [0.1, 0.15) is 30.9 Å². The molecule has 1 aliphatic heterocycles. The molecule has 2 aromatic carbocycles. The van der Waals surface area contributed by atoms with E-state index in [4.69, 9.17) is 4.74 Å². The van der Waals surface area contributed by atoms with E-state index >= 15 is 0 Å². The molecule has 26 heavy (non-hydrogen) atoms. The Morgan fingerprint density at radius 2 is 1.88 bits per heavy atom. The summed E-state index contributed by atoms with van der Waals surface area (Å²) in [5.41, 5.74) is 3.15. The van der Waals surface area contributed by atoms with Crippen LogP contribution in [0.3, 0.4) is 0 Å². The zero-order valence-corrected chi connectivity index (χ0v) is 15.2. The summed E-state index contributed by atoms with van der Waals surface area (Å²) in [5, 5.41) is 3.02. The Bertz CT molecular complexity index is 885. The van der Waals surface area contributed by atoms with Crippen molar-refractivity contribution in [2.24, 2.45) is 0 Å². The number of nitrogens with zero attached hydrogens (tertiary/aromatic N) is 1. The molecule has 1 N–H and O–H groups in total. The average Bonchev–Trinajstić information content (AvgIpc) is 3.43. The first-order chi connectivity index (χ1) is 12.4. The molecule has 5 nitrogen and oxygen atoms in total. The highest BCUT2D eigenvalue weighted by Gasteiger charge is 2.51. The Morgan fingerprint density at radius 1 is 1.19 bits per heavy atom. The topological polar surface area (TPSA) is 58.6 Å². The maximum Gasteiger partial charge on any atom is 0.267 e. The number of ether oxygens (including phenoxy) is 1. The highest BCUT2D eigenvalue weighted by atomic mass is 16.5. The normalized spacial score (nSPS) is 20.2. The van der Waals surface area contributed by atoms with E-state index in [2.05, 4.69) is 5.32 Å². The van der Waals surface area contributed by atoms with Crippen LogP contribution in [0.25, 0.3) is 0 Å². The Labute approximate surface area is 153 Å². The number of carbonyl (C=O) groups excluding carboxylic acids is 2. The molecule has 1 atom stereocenters. The lowest BCUT2D eigenvalue weighted by Crippen LogP contribution is -2.42. The highest BCUT2D eigenvalue weighted by Crippen LogP contribution is 2.49. The quantitative estimate of drug-likeness (QED) is 0.923. The molecule has 0 radical (unpaired) electrons. The van der Waals surface area contributed by atoms with Crippen molar-refractivity contribution in [3.8, 4) is 5.75 Å². The van der Waals surface area contributed by atoms with Crippen LogP contribution in [0.2, 0.25) is 0 Å². The first-order valence-electron chi connectivity index (χ1n) is 8.88. The predicted octanol–water partition coefficient (Wildman–Crippen LogP) is 3.41. The van der Waals surface area contributed by atoms with Crippen molar-refractivity contribution >= 4 is 23.2 Å². The second-order valence-electron chi connectivity index (χ2n) is 7.24. The summed E-state index contributed by atoms with van der Waals surface area (Å²) < 4.78 is 5.63. The number of likely N-dealkylation sites (N-methyl/N-ethyl adjacent to an activating group) is 1. The van der Waals surface area contributed by atoms with Crippen LogP contribution in [-0.2, 0) is 15.0 Å². The maximum absolute atomic E-state index is 12.9. The number of amides is 2. The summed E-state index contributed by atoms with van der Waals surface area (Å²) in [7, 11) is 1.72. The highest BCUT2D eigenvalue weighted by molar-refractivity contribution is 6.03. The van der Waals surface area contributed by atoms with Crippen LogP contribution in [0.4, 0.5) is 11.4 Å². The van der Waals surface area contributed by atoms with E-state index in [0.717, 1.165) is 18.4 Å². The zero-order valence-electron chi connectivity index (χ0n) is 15.2. The summed E-state index contributed by atoms with van der Waals surface area (Å²) >= 11 is 0. The molecule has 1 fully saturated rings. The van der Waals surface area contributed by atoms with Gasteiger partial charge in [-0.3, -0.25) is 9.59 Å². The molecule has 1 heterocycles. The lowest BCUT2D eigenvalue weighted by molar-refractivity contribution is -0.125. The van der Waals surface area contributed by atoms with Crippen molar-refractivity contribution in [2.45, 2.75) is 38.2 Å². The number of rotatable bonds is 3. The van der Waals surface area contributed by atoms with Gasteiger partial charge in [-0.2, -0.15) is 0 Å². The van der Waals surface area contributed by atoms with Gasteiger partial charge in [0.05, 0.1) is 11.1 Å². The summed E-state index contributed by atoms with van der Waals surface area (Å²) in [6, 6.07) is 13.6. The van der Waals surface area contributed by atoms with E-state index in [0.29, 0.717) is 17.1 Å². The van der Waals surface area contributed by atoms with Crippen molar-refractivity contribution in [2.75, 3.05) is 17.3 Å². The van der Waals surface area contributed by atoms with Crippen molar-refractivity contribution in [3.63, 3.8) is 0 Å². The smallest absolute Gasteiger partial charge is 0.267 e. The summed E-state index contributed by atoms with van der Waals surface area (Å²) in [4.78, 5) is 26.6. The molecule has 2 aromatic rings. The Balaban J connectivity index is 1.57. The van der Waals surface area contributed by atoms with Crippen molar-refractivity contribution in [1.82, 2.24) is 0 Å². The minimum atomic E-state index is -0.496. The van der Waals surface area contributed by atoms with Crippen LogP contribution in [0.15, 0.2) is 42.5 Å². The van der Waals surface area contributed by atoms with Gasteiger partial charge < -0.3 is 15.0 Å². The molecule has 4 rings (SSSR count). The Morgan fingerprint density at radius 3 is 2.54 bits per heavy atom. The Kier molecular flexibility index (Phi) is 3.75. The second-order valence-corrected chi connectivity index (χ2v) is 7.24. The van der Waals surface area contributed by atoms with Crippen LogP contribution >= 0.6 is 0 Å². The molecule has 0 aromatic heterocycles. The number of hydrogen-bond donors (Lipinski definition) is 1. The van der Waals surface area contributed by atoms with Crippen molar-refractivity contribution < 1.29 is 14.3 Å². The molecular formula is C21H22N2O3. The van der Waals surface area contributed by atoms with Gasteiger partial charge in [0.15, 0.2) is 6.10 Å². The monoisotopic (exact) mass is 350 g/mol. The van der Waals surface area contributed by atoms with Gasteiger partial charge in [0.25, 0.3) is 5.91 Å². The molecule has 0 spiro atoms. The van der Waals surface area contributed by atoms with E-state index in [1.54, 1.807) is 31.0 Å². The first-order valence-corrected chi connectivity index (χ1v) is 8.88. The number of aryl methyl sites for hydroxylation is 1. The fourth-order valence-corrected chi connectivity index (χ4v) is 3.48. The standard InChI is InChI=1S/C21H22N2O3/c1-13-4-6-15(7-5-13)21(10-11-21)20(25)22-16-8-9-18-17(12-16)23(3)19(24)14(2)26-18/h4-9,12,14H,10-11H2,1-3H3,(H,22,25). The summed E-state index contributed by atoms with van der Waals surface area (Å²) in [6.45, 7) is 3.77. The van der Waals surface area contributed by atoms with Crippen LogP contribution < -0.4 is 15.0 Å². The third kappa shape index (κ3) is 2.64. The van der Waals surface area contributed by atoms with E-state index in [1.165, 1.54) is 5.56 Å². The average molecular weight is 350 g/mol. The molecule has 2 aliphatic rings. The lowest BCUT2D eigenvalue weighted by atomic mass is 9.94. The number of nitrogens with one attached hydrogen (secondary N) is 1. The minimum Gasteiger partial charge on any atom is -0.479 e. The van der Waals surface area contributed by atoms with Crippen LogP contribution in [-0.4, -0.2) is 25.0 Å². The number of carbonyl (C=O) groups is 2. The van der Waals surface area contributed by atoms with Gasteiger partial charge in [-0.15, -0.1) is 0 Å². The minimum absolute atomic E-state index is 0.000350. The number of anilines is 2. The van der Waals surface area contributed by atoms with Crippen LogP contribution in [0, 0.1) is 6.92 Å². The van der Waals surface area contributed by atoms with Crippen LogP contribution in [0.5, 0.6) is 5.75 Å². The third-order valence-corrected chi connectivity index (χ3v) is 5.35. The fourth-order valence-electron chi connectivity index (χ4n) is 3.48.